The van der Waals surface area contributed by atoms with Crippen LogP contribution >= 0.6 is 23.4 Å². The van der Waals surface area contributed by atoms with E-state index < -0.39 is 0 Å². The maximum Gasteiger partial charge on any atom is 0.257 e. The lowest BCUT2D eigenvalue weighted by molar-refractivity contribution is -0.117. The average molecular weight is 542 g/mol. The molecule has 10 nitrogen and oxygen atoms in total. The number of amides is 2. The topological polar surface area (TPSA) is 105 Å². The number of pyridine rings is 1. The van der Waals surface area contributed by atoms with E-state index in [9.17, 15) is 14.4 Å². The van der Waals surface area contributed by atoms with E-state index in [0.29, 0.717) is 47.0 Å². The number of carbonyl (C=O) groups is 2. The smallest absolute Gasteiger partial charge is 0.257 e. The summed E-state index contributed by atoms with van der Waals surface area (Å²) in [4.78, 5) is 42.5. The molecule has 3 aromatic rings. The van der Waals surface area contributed by atoms with Crippen molar-refractivity contribution in [1.82, 2.24) is 34.7 Å². The van der Waals surface area contributed by atoms with Crippen LogP contribution in [0.2, 0.25) is 0 Å². The molecule has 4 rings (SSSR count). The summed E-state index contributed by atoms with van der Waals surface area (Å²) in [7, 11) is 5.62. The van der Waals surface area contributed by atoms with Crippen LogP contribution in [0.5, 0.6) is 0 Å². The molecule has 1 aliphatic heterocycles. The minimum atomic E-state index is -0.214. The Kier molecular flexibility index (Phi) is 8.47. The van der Waals surface area contributed by atoms with Gasteiger partial charge in [-0.3, -0.25) is 19.0 Å². The average Bonchev–Trinajstić information content (AvgIpc) is 3.54. The molecule has 0 radical (unpaired) electrons. The Balaban J connectivity index is 1.61. The van der Waals surface area contributed by atoms with Crippen molar-refractivity contribution in [3.63, 3.8) is 0 Å². The van der Waals surface area contributed by atoms with Crippen LogP contribution in [0.1, 0.15) is 22.5 Å². The van der Waals surface area contributed by atoms with Crippen molar-refractivity contribution in [3.8, 4) is 11.4 Å². The van der Waals surface area contributed by atoms with E-state index >= 15 is 0 Å². The van der Waals surface area contributed by atoms with Gasteiger partial charge in [-0.2, -0.15) is 0 Å². The highest BCUT2D eigenvalue weighted by atomic mass is 35.5. The second-order valence-electron chi connectivity index (χ2n) is 8.81. The molecule has 0 aliphatic carbocycles. The quantitative estimate of drug-likeness (QED) is 0.414. The molecule has 1 N–H and O–H groups in total. The third-order valence-corrected chi connectivity index (χ3v) is 7.23. The Labute approximate surface area is 223 Å². The van der Waals surface area contributed by atoms with Gasteiger partial charge in [-0.15, -0.1) is 28.5 Å². The number of likely N-dealkylation sites (N-methyl/N-ethyl adjacent to an activating group) is 2. The largest absolute Gasteiger partial charge is 0.346 e. The van der Waals surface area contributed by atoms with E-state index in [1.165, 1.54) is 27.1 Å². The Hall–Kier alpha value is -3.41. The van der Waals surface area contributed by atoms with Crippen molar-refractivity contribution in [2.45, 2.75) is 17.7 Å². The molecule has 1 atom stereocenters. The zero-order chi connectivity index (χ0) is 26.5. The Morgan fingerprint density at radius 3 is 2.70 bits per heavy atom. The van der Waals surface area contributed by atoms with Gasteiger partial charge in [0.1, 0.15) is 5.69 Å². The summed E-state index contributed by atoms with van der Waals surface area (Å²) in [6.45, 7) is 1.39. The first kappa shape index (κ1) is 26.6. The van der Waals surface area contributed by atoms with Gasteiger partial charge in [0.15, 0.2) is 0 Å². The number of aromatic nitrogens is 4. The van der Waals surface area contributed by atoms with Gasteiger partial charge in [0.05, 0.1) is 33.6 Å². The predicted octanol–water partition coefficient (Wildman–Crippen LogP) is 2.25. The Morgan fingerprint density at radius 2 is 2.00 bits per heavy atom. The van der Waals surface area contributed by atoms with E-state index in [1.54, 1.807) is 54.7 Å². The SMILES string of the molecule is CN(C)CCN(C)C(=O)c1cc(-n2ccccc2=O)ccc1-n1cc(CNC(=O)C2=CCC(Cl)S2)nn1. The summed E-state index contributed by atoms with van der Waals surface area (Å²) in [5.74, 6) is -0.424. The number of hydrogen-bond donors (Lipinski definition) is 1. The lowest BCUT2D eigenvalue weighted by Gasteiger charge is -2.21. The second kappa shape index (κ2) is 11.8. The standard InChI is InChI=1S/C25H28ClN7O3S/c1-30(2)12-13-31(3)25(36)19-14-18(32-11-5-4-6-23(32)34)7-8-20(19)33-16-17(28-29-33)15-27-24(35)21-9-10-22(26)37-21/h4-9,11,14,16,22H,10,12-13,15H2,1-3H3,(H,27,35). The molecule has 1 aliphatic rings. The Bertz CT molecular complexity index is 1380. The number of benzene rings is 1. The van der Waals surface area contributed by atoms with Gasteiger partial charge in [-0.1, -0.05) is 17.4 Å². The normalized spacial score (nSPS) is 15.1. The van der Waals surface area contributed by atoms with Gasteiger partial charge in [-0.05, 0) is 44.8 Å². The number of halogens is 1. The minimum absolute atomic E-state index is 0.122. The number of rotatable bonds is 9. The van der Waals surface area contributed by atoms with E-state index in [2.05, 4.69) is 15.6 Å². The zero-order valence-corrected chi connectivity index (χ0v) is 22.4. The molecule has 1 aromatic carbocycles. The molecule has 12 heteroatoms. The van der Waals surface area contributed by atoms with Gasteiger partial charge in [-0.25, -0.2) is 4.68 Å². The number of alkyl halides is 1. The van der Waals surface area contributed by atoms with Crippen LogP contribution in [0.25, 0.3) is 11.4 Å². The van der Waals surface area contributed by atoms with Crippen molar-refractivity contribution >= 4 is 35.2 Å². The molecule has 194 valence electrons. The highest BCUT2D eigenvalue weighted by molar-refractivity contribution is 8.05. The summed E-state index contributed by atoms with van der Waals surface area (Å²) >= 11 is 7.38. The van der Waals surface area contributed by atoms with E-state index in [0.717, 1.165) is 0 Å². The van der Waals surface area contributed by atoms with Crippen LogP contribution in [0.4, 0.5) is 0 Å². The fraction of sp³-hybridized carbons (Fsp3) is 0.320. The third-order valence-electron chi connectivity index (χ3n) is 5.73. The van der Waals surface area contributed by atoms with E-state index in [1.807, 2.05) is 25.1 Å². The number of nitrogens with one attached hydrogen (secondary N) is 1. The van der Waals surface area contributed by atoms with Crippen molar-refractivity contribution in [1.29, 1.82) is 0 Å². The van der Waals surface area contributed by atoms with Crippen molar-refractivity contribution < 1.29 is 9.59 Å². The van der Waals surface area contributed by atoms with Crippen LogP contribution < -0.4 is 10.9 Å². The van der Waals surface area contributed by atoms with Crippen LogP contribution in [-0.2, 0) is 11.3 Å². The molecular formula is C25H28ClN7O3S. The highest BCUT2D eigenvalue weighted by Crippen LogP contribution is 2.34. The van der Waals surface area contributed by atoms with Crippen LogP contribution in [0, 0.1) is 0 Å². The molecule has 1 unspecified atom stereocenters. The summed E-state index contributed by atoms with van der Waals surface area (Å²) in [5, 5.41) is 11.2. The maximum atomic E-state index is 13.5. The van der Waals surface area contributed by atoms with Crippen molar-refractivity contribution in [2.75, 3.05) is 34.2 Å². The van der Waals surface area contributed by atoms with Crippen LogP contribution in [0.3, 0.4) is 0 Å². The number of nitrogens with zero attached hydrogens (tertiary/aromatic N) is 6. The van der Waals surface area contributed by atoms with Gasteiger partial charge in [0.2, 0.25) is 0 Å². The van der Waals surface area contributed by atoms with Gasteiger partial charge in [0, 0.05) is 38.1 Å². The molecule has 0 fully saturated rings. The molecule has 0 saturated heterocycles. The monoisotopic (exact) mass is 541 g/mol. The molecule has 0 saturated carbocycles. The summed E-state index contributed by atoms with van der Waals surface area (Å²) in [6.07, 6.45) is 5.79. The minimum Gasteiger partial charge on any atom is -0.346 e. The Morgan fingerprint density at radius 1 is 1.19 bits per heavy atom. The third kappa shape index (κ3) is 6.48. The van der Waals surface area contributed by atoms with E-state index in [4.69, 9.17) is 11.6 Å². The highest BCUT2D eigenvalue weighted by Gasteiger charge is 2.22. The second-order valence-corrected chi connectivity index (χ2v) is 10.8. The zero-order valence-electron chi connectivity index (χ0n) is 20.8. The summed E-state index contributed by atoms with van der Waals surface area (Å²) < 4.78 is 2.86. The number of thioether (sulfide) groups is 1. The van der Waals surface area contributed by atoms with Crippen molar-refractivity contribution in [3.05, 3.63) is 81.4 Å². The summed E-state index contributed by atoms with van der Waals surface area (Å²) in [6, 6.07) is 10.1. The van der Waals surface area contributed by atoms with Crippen LogP contribution in [-0.4, -0.2) is 80.1 Å². The van der Waals surface area contributed by atoms with Gasteiger partial charge < -0.3 is 15.1 Å². The molecule has 37 heavy (non-hydrogen) atoms. The predicted molar refractivity (Wildman–Crippen MR) is 144 cm³/mol. The van der Waals surface area contributed by atoms with Crippen molar-refractivity contribution in [2.24, 2.45) is 0 Å². The number of allylic oxidation sites excluding steroid dienone is 1. The summed E-state index contributed by atoms with van der Waals surface area (Å²) in [5.41, 5.74) is 1.77. The lowest BCUT2D eigenvalue weighted by atomic mass is 10.1. The van der Waals surface area contributed by atoms with Crippen LogP contribution in [0.15, 0.2) is 64.6 Å². The molecule has 3 heterocycles. The molecule has 2 amide bonds. The molecule has 0 spiro atoms. The molecular weight excluding hydrogens is 514 g/mol. The molecule has 2 aromatic heterocycles. The first-order valence-electron chi connectivity index (χ1n) is 11.7. The molecule has 0 bridgehead atoms. The fourth-order valence-corrected chi connectivity index (χ4v) is 4.89. The first-order valence-corrected chi connectivity index (χ1v) is 13.0. The number of carbonyl (C=O) groups excluding carboxylic acids is 2. The fourth-order valence-electron chi connectivity index (χ4n) is 3.68. The lowest BCUT2D eigenvalue weighted by Crippen LogP contribution is -2.34. The maximum absolute atomic E-state index is 13.5. The van der Waals surface area contributed by atoms with Gasteiger partial charge in [0.25, 0.3) is 17.4 Å². The van der Waals surface area contributed by atoms with E-state index in [-0.39, 0.29) is 28.6 Å². The van der Waals surface area contributed by atoms with Gasteiger partial charge >= 0.3 is 0 Å². The first-order chi connectivity index (χ1) is 17.7. The number of hydrogen-bond acceptors (Lipinski definition) is 7.